The Morgan fingerprint density at radius 3 is 2.25 bits per heavy atom. The molecule has 0 fully saturated rings. The number of nitro groups is 1. The van der Waals surface area contributed by atoms with Gasteiger partial charge in [0.15, 0.2) is 0 Å². The number of rotatable bonds is 4. The molecule has 0 heterocycles. The topological polar surface area (TPSA) is 76.8 Å². The zero-order valence-electron chi connectivity index (χ0n) is 12.5. The first-order chi connectivity index (χ1) is 9.29. The molecule has 1 rings (SSSR count). The summed E-state index contributed by atoms with van der Waals surface area (Å²) in [6.07, 6.45) is 0. The van der Waals surface area contributed by atoms with Gasteiger partial charge in [0, 0.05) is 19.2 Å². The van der Waals surface area contributed by atoms with Crippen molar-refractivity contribution in [2.24, 2.45) is 10.4 Å². The molecule has 0 bridgehead atoms. The van der Waals surface area contributed by atoms with E-state index < -0.39 is 4.92 Å². The lowest BCUT2D eigenvalue weighted by Crippen LogP contribution is -2.46. The van der Waals surface area contributed by atoms with E-state index >= 15 is 0 Å². The van der Waals surface area contributed by atoms with Gasteiger partial charge in [-0.15, -0.1) is 0 Å². The highest BCUT2D eigenvalue weighted by molar-refractivity contribution is 5.84. The first-order valence-corrected chi connectivity index (χ1v) is 6.36. The number of benzene rings is 1. The molecule has 1 unspecified atom stereocenters. The third-order valence-corrected chi connectivity index (χ3v) is 2.89. The molecule has 20 heavy (non-hydrogen) atoms. The molecule has 1 aromatic rings. The minimum absolute atomic E-state index is 0.0355. The third kappa shape index (κ3) is 4.03. The van der Waals surface area contributed by atoms with Crippen LogP contribution in [0.15, 0.2) is 29.3 Å². The Balaban J connectivity index is 2.91. The Bertz CT molecular complexity index is 489. The average molecular weight is 279 g/mol. The summed E-state index contributed by atoms with van der Waals surface area (Å²) in [5.74, 6) is 1.08. The first-order valence-electron chi connectivity index (χ1n) is 6.36. The van der Waals surface area contributed by atoms with Crippen molar-refractivity contribution in [3.05, 3.63) is 34.4 Å². The smallest absolute Gasteiger partial charge is 0.269 e. The van der Waals surface area contributed by atoms with E-state index in [2.05, 4.69) is 31.1 Å². The van der Waals surface area contributed by atoms with Crippen LogP contribution < -0.4 is 10.1 Å². The van der Waals surface area contributed by atoms with Crippen LogP contribution in [0.2, 0.25) is 0 Å². The summed E-state index contributed by atoms with van der Waals surface area (Å²) in [4.78, 5) is 14.3. The predicted molar refractivity (Wildman–Crippen MR) is 79.4 cm³/mol. The van der Waals surface area contributed by atoms with Crippen molar-refractivity contribution >= 4 is 11.6 Å². The lowest BCUT2D eigenvalue weighted by molar-refractivity contribution is -0.384. The molecule has 1 N–H and O–H groups in total. The van der Waals surface area contributed by atoms with Gasteiger partial charge in [-0.3, -0.25) is 15.1 Å². The molecule has 1 atom stereocenters. The standard InChI is InChI=1S/C14H21N3O3/c1-14(2,3)12(15-4)13(16-5)20-11-8-6-10(7-9-11)17(18)19/h6-9,12,15H,1-5H3. The number of nitrogens with zero attached hydrogens (tertiary/aromatic N) is 2. The van der Waals surface area contributed by atoms with Crippen LogP contribution in [0.3, 0.4) is 0 Å². The molecule has 110 valence electrons. The van der Waals surface area contributed by atoms with Gasteiger partial charge in [0.1, 0.15) is 5.75 Å². The zero-order chi connectivity index (χ0) is 15.3. The summed E-state index contributed by atoms with van der Waals surface area (Å²) >= 11 is 0. The van der Waals surface area contributed by atoms with Crippen molar-refractivity contribution in [1.82, 2.24) is 5.32 Å². The van der Waals surface area contributed by atoms with Gasteiger partial charge in [-0.25, -0.2) is 0 Å². The van der Waals surface area contributed by atoms with Crippen LogP contribution >= 0.6 is 0 Å². The summed E-state index contributed by atoms with van der Waals surface area (Å²) in [5.41, 5.74) is -0.0296. The molecule has 0 amide bonds. The Hall–Kier alpha value is -1.95. The van der Waals surface area contributed by atoms with Gasteiger partial charge >= 0.3 is 0 Å². The minimum Gasteiger partial charge on any atom is -0.442 e. The zero-order valence-corrected chi connectivity index (χ0v) is 12.5. The van der Waals surface area contributed by atoms with Crippen LogP contribution in [0.25, 0.3) is 0 Å². The molecule has 1 aromatic carbocycles. The van der Waals surface area contributed by atoms with Crippen molar-refractivity contribution < 1.29 is 9.66 Å². The fraction of sp³-hybridized carbons (Fsp3) is 0.500. The molecule has 0 aliphatic carbocycles. The van der Waals surface area contributed by atoms with E-state index in [1.165, 1.54) is 12.1 Å². The van der Waals surface area contributed by atoms with Gasteiger partial charge in [-0.1, -0.05) is 20.8 Å². The fourth-order valence-electron chi connectivity index (χ4n) is 1.92. The molecule has 6 heteroatoms. The lowest BCUT2D eigenvalue weighted by atomic mass is 9.86. The van der Waals surface area contributed by atoms with E-state index in [9.17, 15) is 10.1 Å². The molecule has 0 aromatic heterocycles. The molecule has 0 aliphatic rings. The maximum atomic E-state index is 10.6. The van der Waals surface area contributed by atoms with Gasteiger partial charge in [0.05, 0.1) is 11.0 Å². The number of non-ortho nitro benzene ring substituents is 1. The Morgan fingerprint density at radius 2 is 1.90 bits per heavy atom. The van der Waals surface area contributed by atoms with Crippen LogP contribution in [-0.4, -0.2) is 31.0 Å². The summed E-state index contributed by atoms with van der Waals surface area (Å²) in [6, 6.07) is 5.90. The highest BCUT2D eigenvalue weighted by atomic mass is 16.6. The second-order valence-corrected chi connectivity index (χ2v) is 5.50. The van der Waals surface area contributed by atoms with Crippen LogP contribution in [0, 0.1) is 15.5 Å². The molecule has 0 spiro atoms. The minimum atomic E-state index is -0.440. The number of hydrogen-bond acceptors (Lipinski definition) is 5. The number of likely N-dealkylation sites (N-methyl/N-ethyl adjacent to an activating group) is 1. The number of nitrogens with one attached hydrogen (secondary N) is 1. The van der Waals surface area contributed by atoms with Crippen LogP contribution in [0.4, 0.5) is 5.69 Å². The van der Waals surface area contributed by atoms with Crippen molar-refractivity contribution in [3.63, 3.8) is 0 Å². The highest BCUT2D eigenvalue weighted by Crippen LogP contribution is 2.23. The SMILES string of the molecule is CN=C(Oc1ccc([N+](=O)[O-])cc1)C(NC)C(C)(C)C. The average Bonchev–Trinajstić information content (AvgIpc) is 2.37. The van der Waals surface area contributed by atoms with E-state index in [4.69, 9.17) is 4.74 Å². The normalized spacial score (nSPS) is 13.9. The monoisotopic (exact) mass is 279 g/mol. The second kappa shape index (κ2) is 6.47. The van der Waals surface area contributed by atoms with Gasteiger partial charge in [-0.05, 0) is 24.6 Å². The summed E-state index contributed by atoms with van der Waals surface area (Å²) in [7, 11) is 3.51. The molecule has 6 nitrogen and oxygen atoms in total. The molecular weight excluding hydrogens is 258 g/mol. The van der Waals surface area contributed by atoms with Gasteiger partial charge in [0.2, 0.25) is 5.90 Å². The molecular formula is C14H21N3O3. The maximum Gasteiger partial charge on any atom is 0.269 e. The number of nitro benzene ring substituents is 1. The third-order valence-electron chi connectivity index (χ3n) is 2.89. The molecule has 0 saturated carbocycles. The van der Waals surface area contributed by atoms with Crippen molar-refractivity contribution in [1.29, 1.82) is 0 Å². The predicted octanol–water partition coefficient (Wildman–Crippen LogP) is 2.64. The molecule has 0 radical (unpaired) electrons. The number of aliphatic imine (C=N–C) groups is 1. The lowest BCUT2D eigenvalue weighted by Gasteiger charge is -2.30. The molecule has 0 saturated heterocycles. The van der Waals surface area contributed by atoms with Crippen molar-refractivity contribution in [3.8, 4) is 5.75 Å². The Kier molecular flexibility index (Phi) is 5.21. The number of hydrogen-bond donors (Lipinski definition) is 1. The maximum absolute atomic E-state index is 10.6. The Morgan fingerprint density at radius 1 is 1.35 bits per heavy atom. The van der Waals surface area contributed by atoms with E-state index in [1.54, 1.807) is 19.2 Å². The summed E-state index contributed by atoms with van der Waals surface area (Å²) < 4.78 is 5.74. The fourth-order valence-corrected chi connectivity index (χ4v) is 1.92. The quantitative estimate of drug-likeness (QED) is 0.398. The van der Waals surface area contributed by atoms with Gasteiger partial charge in [-0.2, -0.15) is 0 Å². The van der Waals surface area contributed by atoms with Crippen molar-refractivity contribution in [2.45, 2.75) is 26.8 Å². The van der Waals surface area contributed by atoms with Crippen LogP contribution in [-0.2, 0) is 0 Å². The van der Waals surface area contributed by atoms with Gasteiger partial charge in [0.25, 0.3) is 5.69 Å². The van der Waals surface area contributed by atoms with E-state index in [0.717, 1.165) is 0 Å². The van der Waals surface area contributed by atoms with E-state index in [-0.39, 0.29) is 17.1 Å². The highest BCUT2D eigenvalue weighted by Gasteiger charge is 2.29. The van der Waals surface area contributed by atoms with E-state index in [1.807, 2.05) is 7.05 Å². The number of ether oxygens (including phenoxy) is 1. The largest absolute Gasteiger partial charge is 0.442 e. The first kappa shape index (κ1) is 16.1. The van der Waals surface area contributed by atoms with Crippen LogP contribution in [0.5, 0.6) is 5.75 Å². The van der Waals surface area contributed by atoms with Gasteiger partial charge < -0.3 is 10.1 Å². The van der Waals surface area contributed by atoms with E-state index in [0.29, 0.717) is 11.6 Å². The second-order valence-electron chi connectivity index (χ2n) is 5.50. The van der Waals surface area contributed by atoms with Crippen molar-refractivity contribution in [2.75, 3.05) is 14.1 Å². The molecule has 0 aliphatic heterocycles. The summed E-state index contributed by atoms with van der Waals surface area (Å²) in [6.45, 7) is 6.25. The Labute approximate surface area is 119 Å². The summed E-state index contributed by atoms with van der Waals surface area (Å²) in [5, 5.41) is 13.8. The van der Waals surface area contributed by atoms with Crippen LogP contribution in [0.1, 0.15) is 20.8 Å².